The number of anilines is 1. The largest absolute Gasteiger partial charge is 0.378 e. The molecule has 3 aromatic rings. The Bertz CT molecular complexity index is 1590. The average molecular weight is 527 g/mol. The van der Waals surface area contributed by atoms with Gasteiger partial charge in [-0.3, -0.25) is 0 Å². The predicted octanol–water partition coefficient (Wildman–Crippen LogP) is 8.68. The molecule has 0 aromatic heterocycles. The van der Waals surface area contributed by atoms with E-state index in [-0.39, 0.29) is 10.8 Å². The Morgan fingerprint density at radius 1 is 0.846 bits per heavy atom. The fraction of sp³-hybridized carbons (Fsp3) is 0.222. The number of allylic oxidation sites excluding steroid dienone is 5. The van der Waals surface area contributed by atoms with Crippen molar-refractivity contribution in [2.24, 2.45) is 0 Å². The summed E-state index contributed by atoms with van der Waals surface area (Å²) < 4.78 is -0.287. The molecule has 2 unspecified atom stereocenters. The van der Waals surface area contributed by atoms with Gasteiger partial charge in [-0.1, -0.05) is 78.9 Å². The highest BCUT2D eigenvalue weighted by Crippen LogP contribution is 2.55. The normalized spacial score (nSPS) is 23.2. The Morgan fingerprint density at radius 3 is 2.46 bits per heavy atom. The number of fused-ring (bicyclic) bond motifs is 4. The third-order valence-corrected chi connectivity index (χ3v) is 9.09. The van der Waals surface area contributed by atoms with E-state index in [1.54, 1.807) is 0 Å². The lowest BCUT2D eigenvalue weighted by molar-refractivity contribution is 0.795. The number of thiol groups is 1. The number of hydrogen-bond donors (Lipinski definition) is 3. The summed E-state index contributed by atoms with van der Waals surface area (Å²) in [6.45, 7) is 2.30. The molecule has 0 fully saturated rings. The Kier molecular flexibility index (Phi) is 6.12. The molecule has 0 aliphatic heterocycles. The summed E-state index contributed by atoms with van der Waals surface area (Å²) in [5.74, 6) is 0. The van der Waals surface area contributed by atoms with Crippen LogP contribution in [0.2, 0.25) is 0 Å². The molecule has 194 valence electrons. The molecule has 3 aromatic carbocycles. The van der Waals surface area contributed by atoms with Crippen molar-refractivity contribution in [1.82, 2.24) is 5.32 Å². The van der Waals surface area contributed by atoms with E-state index in [1.807, 2.05) is 0 Å². The van der Waals surface area contributed by atoms with Gasteiger partial charge in [-0.05, 0) is 102 Å². The smallest absolute Gasteiger partial charge is 0.0611 e. The highest BCUT2D eigenvalue weighted by molar-refractivity contribution is 7.81. The number of benzene rings is 3. The number of hydrogen-bond acceptors (Lipinski definition) is 3. The van der Waals surface area contributed by atoms with Gasteiger partial charge in [0.1, 0.15) is 0 Å². The van der Waals surface area contributed by atoms with E-state index < -0.39 is 0 Å². The summed E-state index contributed by atoms with van der Waals surface area (Å²) in [7, 11) is 0. The molecule has 2 N–H and O–H groups in total. The van der Waals surface area contributed by atoms with Crippen molar-refractivity contribution in [3.8, 4) is 0 Å². The molecule has 0 radical (unpaired) electrons. The van der Waals surface area contributed by atoms with Crippen LogP contribution in [0.3, 0.4) is 0 Å². The summed E-state index contributed by atoms with van der Waals surface area (Å²) in [6, 6.07) is 26.2. The van der Waals surface area contributed by atoms with Gasteiger partial charge in [0.05, 0.1) is 10.8 Å². The SMILES string of the molecule is CC1(S)C2=C(CCC(NC3=C(c4ccccc4)C(Nc4ccccc4)CC=C3)=C2)c2ccc3c(c21)CCC=C3. The molecule has 3 heteroatoms. The van der Waals surface area contributed by atoms with Crippen LogP contribution in [0.4, 0.5) is 5.69 Å². The minimum atomic E-state index is -0.287. The molecule has 2 atom stereocenters. The molecule has 0 spiro atoms. The monoisotopic (exact) mass is 526 g/mol. The van der Waals surface area contributed by atoms with Crippen LogP contribution in [0.5, 0.6) is 0 Å². The number of rotatable bonds is 5. The maximum absolute atomic E-state index is 5.35. The van der Waals surface area contributed by atoms with Crippen LogP contribution in [0.15, 0.2) is 114 Å². The zero-order chi connectivity index (χ0) is 26.4. The van der Waals surface area contributed by atoms with Gasteiger partial charge >= 0.3 is 0 Å². The van der Waals surface area contributed by atoms with E-state index in [4.69, 9.17) is 12.6 Å². The molecule has 2 nitrogen and oxygen atoms in total. The minimum Gasteiger partial charge on any atom is -0.378 e. The molecule has 0 amide bonds. The van der Waals surface area contributed by atoms with Crippen LogP contribution in [0.25, 0.3) is 17.2 Å². The summed E-state index contributed by atoms with van der Waals surface area (Å²) in [5, 5.41) is 7.69. The van der Waals surface area contributed by atoms with Gasteiger partial charge in [-0.15, -0.1) is 0 Å². The molecule has 0 bridgehead atoms. The van der Waals surface area contributed by atoms with Gasteiger partial charge < -0.3 is 10.6 Å². The predicted molar refractivity (Wildman–Crippen MR) is 168 cm³/mol. The molecule has 4 aliphatic carbocycles. The van der Waals surface area contributed by atoms with Crippen LogP contribution in [0.1, 0.15) is 60.4 Å². The lowest BCUT2D eigenvalue weighted by atomic mass is 9.85. The summed E-state index contributed by atoms with van der Waals surface area (Å²) in [5.41, 5.74) is 14.7. The molecular weight excluding hydrogens is 492 g/mol. The van der Waals surface area contributed by atoms with Crippen molar-refractivity contribution in [3.05, 3.63) is 142 Å². The maximum atomic E-state index is 5.35. The lowest BCUT2D eigenvalue weighted by Crippen LogP contribution is -2.28. The second kappa shape index (κ2) is 9.81. The van der Waals surface area contributed by atoms with E-state index in [1.165, 1.54) is 55.9 Å². The van der Waals surface area contributed by atoms with Gasteiger partial charge in [0, 0.05) is 22.7 Å². The second-order valence-electron chi connectivity index (χ2n) is 11.2. The van der Waals surface area contributed by atoms with E-state index in [9.17, 15) is 0 Å². The summed E-state index contributed by atoms with van der Waals surface area (Å²) >= 11 is 5.35. The Labute approximate surface area is 237 Å². The number of para-hydroxylation sites is 1. The second-order valence-corrected chi connectivity index (χ2v) is 12.0. The van der Waals surface area contributed by atoms with Gasteiger partial charge in [0.25, 0.3) is 0 Å². The van der Waals surface area contributed by atoms with Gasteiger partial charge in [0.15, 0.2) is 0 Å². The zero-order valence-corrected chi connectivity index (χ0v) is 23.3. The van der Waals surface area contributed by atoms with Crippen LogP contribution in [0, 0.1) is 0 Å². The van der Waals surface area contributed by atoms with Crippen LogP contribution < -0.4 is 10.6 Å². The van der Waals surface area contributed by atoms with Crippen LogP contribution in [-0.2, 0) is 11.2 Å². The van der Waals surface area contributed by atoms with Crippen LogP contribution >= 0.6 is 12.6 Å². The third kappa shape index (κ3) is 4.30. The van der Waals surface area contributed by atoms with Crippen molar-refractivity contribution in [3.63, 3.8) is 0 Å². The van der Waals surface area contributed by atoms with E-state index in [2.05, 4.69) is 121 Å². The Morgan fingerprint density at radius 2 is 1.64 bits per heavy atom. The fourth-order valence-electron chi connectivity index (χ4n) is 6.85. The molecule has 0 saturated heterocycles. The molecular formula is C36H34N2S. The van der Waals surface area contributed by atoms with Gasteiger partial charge in [0.2, 0.25) is 0 Å². The van der Waals surface area contributed by atoms with E-state index >= 15 is 0 Å². The molecule has 0 heterocycles. The summed E-state index contributed by atoms with van der Waals surface area (Å²) in [4.78, 5) is 0. The van der Waals surface area contributed by atoms with Crippen molar-refractivity contribution in [1.29, 1.82) is 0 Å². The lowest BCUT2D eigenvalue weighted by Gasteiger charge is -2.30. The first-order valence-corrected chi connectivity index (χ1v) is 14.6. The van der Waals surface area contributed by atoms with E-state index in [0.717, 1.165) is 37.8 Å². The fourth-order valence-corrected chi connectivity index (χ4v) is 7.31. The first-order valence-electron chi connectivity index (χ1n) is 14.1. The Balaban J connectivity index is 1.26. The minimum absolute atomic E-state index is 0.187. The first kappa shape index (κ1) is 24.4. The van der Waals surface area contributed by atoms with Crippen LogP contribution in [-0.4, -0.2) is 6.04 Å². The quantitative estimate of drug-likeness (QED) is 0.290. The maximum Gasteiger partial charge on any atom is 0.0611 e. The number of nitrogens with one attached hydrogen (secondary N) is 2. The first-order chi connectivity index (χ1) is 19.1. The molecule has 4 aliphatic rings. The topological polar surface area (TPSA) is 24.1 Å². The highest BCUT2D eigenvalue weighted by atomic mass is 32.1. The summed E-state index contributed by atoms with van der Waals surface area (Å²) in [6.07, 6.45) is 16.7. The molecule has 39 heavy (non-hydrogen) atoms. The third-order valence-electron chi connectivity index (χ3n) is 8.62. The molecule has 7 rings (SSSR count). The highest BCUT2D eigenvalue weighted by Gasteiger charge is 2.41. The zero-order valence-electron chi connectivity index (χ0n) is 22.4. The van der Waals surface area contributed by atoms with Crippen molar-refractivity contribution >= 4 is 35.5 Å². The van der Waals surface area contributed by atoms with Gasteiger partial charge in [-0.25, -0.2) is 0 Å². The van der Waals surface area contributed by atoms with E-state index in [0.29, 0.717) is 0 Å². The van der Waals surface area contributed by atoms with Crippen molar-refractivity contribution < 1.29 is 0 Å². The molecule has 0 saturated carbocycles. The standard InChI is InChI=1S/C36H34N2S/c1-36(39)31-23-27(20-22-29(31)30-21-19-24-11-8-9-16-28(24)35(30)36)38-33-18-10-17-32(37-26-14-6-3-7-15-26)34(33)25-12-4-2-5-13-25/h2-8,10-15,18-19,21,23,32,37-39H,9,16-17,20,22H2,1H3. The van der Waals surface area contributed by atoms with Crippen molar-refractivity contribution in [2.45, 2.75) is 49.8 Å². The average Bonchev–Trinajstić information content (AvgIpc) is 3.20. The van der Waals surface area contributed by atoms with Crippen molar-refractivity contribution in [2.75, 3.05) is 5.32 Å². The Hall–Kier alpha value is -3.69. The van der Waals surface area contributed by atoms with Gasteiger partial charge in [-0.2, -0.15) is 12.6 Å².